The molecule has 0 unspecified atom stereocenters. The van der Waals surface area contributed by atoms with E-state index in [1.807, 2.05) is 0 Å². The largest absolute Gasteiger partial charge is 0.465 e. The Labute approximate surface area is 81.6 Å². The number of rotatable bonds is 0. The van der Waals surface area contributed by atoms with Gasteiger partial charge < -0.3 is 14.7 Å². The van der Waals surface area contributed by atoms with E-state index >= 15 is 0 Å². The molecule has 0 bridgehead atoms. The summed E-state index contributed by atoms with van der Waals surface area (Å²) >= 11 is 0. The SMILES string of the molecule is O=C1COC2(CCN(C(=O)O)CC2)C1. The van der Waals surface area contributed by atoms with E-state index in [1.165, 1.54) is 4.90 Å². The lowest BCUT2D eigenvalue weighted by atomic mass is 9.88. The average molecular weight is 199 g/mol. The van der Waals surface area contributed by atoms with Gasteiger partial charge in [-0.1, -0.05) is 0 Å². The predicted molar refractivity (Wildman–Crippen MR) is 47.1 cm³/mol. The van der Waals surface area contributed by atoms with Crippen molar-refractivity contribution in [3.05, 3.63) is 0 Å². The average Bonchev–Trinajstić information content (AvgIpc) is 2.48. The zero-order valence-electron chi connectivity index (χ0n) is 7.86. The first-order valence-electron chi connectivity index (χ1n) is 4.75. The Balaban J connectivity index is 1.95. The lowest BCUT2D eigenvalue weighted by Crippen LogP contribution is -2.46. The van der Waals surface area contributed by atoms with E-state index in [4.69, 9.17) is 9.84 Å². The van der Waals surface area contributed by atoms with Crippen LogP contribution in [-0.4, -0.2) is 47.2 Å². The van der Waals surface area contributed by atoms with Gasteiger partial charge in [0.25, 0.3) is 0 Å². The zero-order valence-corrected chi connectivity index (χ0v) is 7.86. The van der Waals surface area contributed by atoms with Gasteiger partial charge in [0.15, 0.2) is 5.78 Å². The van der Waals surface area contributed by atoms with Crippen molar-refractivity contribution >= 4 is 11.9 Å². The van der Waals surface area contributed by atoms with Crippen LogP contribution in [0.25, 0.3) is 0 Å². The maximum absolute atomic E-state index is 11.1. The van der Waals surface area contributed by atoms with E-state index < -0.39 is 6.09 Å². The summed E-state index contributed by atoms with van der Waals surface area (Å²) in [5.74, 6) is 0.133. The number of Topliss-reactive ketones (excluding diaryl/α,β-unsaturated/α-hetero) is 1. The van der Waals surface area contributed by atoms with Gasteiger partial charge in [0, 0.05) is 19.5 Å². The van der Waals surface area contributed by atoms with Crippen LogP contribution in [0.15, 0.2) is 0 Å². The second-order valence-electron chi connectivity index (χ2n) is 3.96. The molecule has 0 aromatic heterocycles. The van der Waals surface area contributed by atoms with Gasteiger partial charge in [-0.3, -0.25) is 4.79 Å². The van der Waals surface area contributed by atoms with E-state index in [9.17, 15) is 9.59 Å². The van der Waals surface area contributed by atoms with Crippen LogP contribution in [0.4, 0.5) is 4.79 Å². The lowest BCUT2D eigenvalue weighted by Gasteiger charge is -2.36. The quantitative estimate of drug-likeness (QED) is 0.616. The van der Waals surface area contributed by atoms with Gasteiger partial charge in [-0.25, -0.2) is 4.79 Å². The molecule has 0 atom stereocenters. The molecule has 5 nitrogen and oxygen atoms in total. The van der Waals surface area contributed by atoms with E-state index in [1.54, 1.807) is 0 Å². The van der Waals surface area contributed by atoms with Crippen molar-refractivity contribution in [1.29, 1.82) is 0 Å². The van der Waals surface area contributed by atoms with Crippen molar-refractivity contribution in [3.8, 4) is 0 Å². The second-order valence-corrected chi connectivity index (χ2v) is 3.96. The number of carboxylic acid groups (broad SMARTS) is 1. The highest BCUT2D eigenvalue weighted by Crippen LogP contribution is 2.34. The Kier molecular flexibility index (Phi) is 2.19. The van der Waals surface area contributed by atoms with E-state index in [-0.39, 0.29) is 18.0 Å². The molecule has 1 spiro atoms. The Hall–Kier alpha value is -1.10. The predicted octanol–water partition coefficient (Wildman–Crippen LogP) is 0.488. The van der Waals surface area contributed by atoms with Crippen molar-refractivity contribution in [2.75, 3.05) is 19.7 Å². The topological polar surface area (TPSA) is 66.8 Å². The molecular formula is C9H13NO4. The lowest BCUT2D eigenvalue weighted by molar-refractivity contribution is -0.117. The highest BCUT2D eigenvalue weighted by molar-refractivity contribution is 5.82. The van der Waals surface area contributed by atoms with Crippen molar-refractivity contribution in [1.82, 2.24) is 4.90 Å². The van der Waals surface area contributed by atoms with Crippen molar-refractivity contribution in [3.63, 3.8) is 0 Å². The molecule has 1 amide bonds. The van der Waals surface area contributed by atoms with Gasteiger partial charge in [-0.05, 0) is 12.8 Å². The number of carbonyl (C=O) groups excluding carboxylic acids is 1. The van der Waals surface area contributed by atoms with Gasteiger partial charge in [0.1, 0.15) is 6.61 Å². The number of piperidine rings is 1. The number of carbonyl (C=O) groups is 2. The molecule has 2 aliphatic rings. The van der Waals surface area contributed by atoms with Gasteiger partial charge >= 0.3 is 6.09 Å². The van der Waals surface area contributed by atoms with Gasteiger partial charge in [-0.15, -0.1) is 0 Å². The van der Waals surface area contributed by atoms with Crippen LogP contribution in [0.5, 0.6) is 0 Å². The molecule has 0 radical (unpaired) electrons. The molecular weight excluding hydrogens is 186 g/mol. The molecule has 0 aromatic rings. The summed E-state index contributed by atoms with van der Waals surface area (Å²) in [4.78, 5) is 23.1. The molecule has 1 N–H and O–H groups in total. The van der Waals surface area contributed by atoms with E-state index in [0.717, 1.165) is 0 Å². The Bertz CT molecular complexity index is 268. The summed E-state index contributed by atoms with van der Waals surface area (Å²) in [6.07, 6.45) is 0.862. The van der Waals surface area contributed by atoms with Crippen LogP contribution >= 0.6 is 0 Å². The molecule has 2 saturated heterocycles. The van der Waals surface area contributed by atoms with Crippen LogP contribution in [0.1, 0.15) is 19.3 Å². The standard InChI is InChI=1S/C9H13NO4/c11-7-5-9(14-6-7)1-3-10(4-2-9)8(12)13/h1-6H2,(H,12,13). The Morgan fingerprint density at radius 1 is 1.43 bits per heavy atom. The van der Waals surface area contributed by atoms with E-state index in [2.05, 4.69) is 0 Å². The summed E-state index contributed by atoms with van der Waals surface area (Å²) < 4.78 is 5.45. The molecule has 0 saturated carbocycles. The van der Waals surface area contributed by atoms with Gasteiger partial charge in [-0.2, -0.15) is 0 Å². The molecule has 78 valence electrons. The number of amides is 1. The van der Waals surface area contributed by atoms with Crippen LogP contribution < -0.4 is 0 Å². The minimum atomic E-state index is -0.885. The van der Waals surface area contributed by atoms with Crippen LogP contribution in [-0.2, 0) is 9.53 Å². The first-order valence-corrected chi connectivity index (χ1v) is 4.75. The Morgan fingerprint density at radius 2 is 2.07 bits per heavy atom. The molecule has 2 rings (SSSR count). The third-order valence-corrected chi connectivity index (χ3v) is 3.00. The van der Waals surface area contributed by atoms with Crippen LogP contribution in [0.3, 0.4) is 0 Å². The highest BCUT2D eigenvalue weighted by atomic mass is 16.5. The molecule has 2 aliphatic heterocycles. The molecule has 5 heteroatoms. The fourth-order valence-electron chi connectivity index (χ4n) is 2.12. The number of hydrogen-bond acceptors (Lipinski definition) is 3. The first-order chi connectivity index (χ1) is 6.61. The molecule has 2 fully saturated rings. The molecule has 0 aromatic carbocycles. The van der Waals surface area contributed by atoms with Crippen molar-refractivity contribution in [2.45, 2.75) is 24.9 Å². The smallest absolute Gasteiger partial charge is 0.407 e. The monoisotopic (exact) mass is 199 g/mol. The fourth-order valence-corrected chi connectivity index (χ4v) is 2.12. The minimum Gasteiger partial charge on any atom is -0.465 e. The summed E-state index contributed by atoms with van der Waals surface area (Å²) in [5, 5.41) is 8.74. The van der Waals surface area contributed by atoms with Gasteiger partial charge in [0.2, 0.25) is 0 Å². The third-order valence-electron chi connectivity index (χ3n) is 3.00. The van der Waals surface area contributed by atoms with Crippen LogP contribution in [0, 0.1) is 0 Å². The third kappa shape index (κ3) is 1.59. The maximum Gasteiger partial charge on any atom is 0.407 e. The van der Waals surface area contributed by atoms with Crippen LogP contribution in [0.2, 0.25) is 0 Å². The van der Waals surface area contributed by atoms with Gasteiger partial charge in [0.05, 0.1) is 5.60 Å². The number of nitrogens with zero attached hydrogens (tertiary/aromatic N) is 1. The number of likely N-dealkylation sites (tertiary alicyclic amines) is 1. The normalized spacial score (nSPS) is 25.7. The molecule has 2 heterocycles. The van der Waals surface area contributed by atoms with Crippen molar-refractivity contribution < 1.29 is 19.4 Å². The first kappa shape index (κ1) is 9.45. The highest BCUT2D eigenvalue weighted by Gasteiger charge is 2.42. The van der Waals surface area contributed by atoms with E-state index in [0.29, 0.717) is 32.4 Å². The molecule has 0 aliphatic carbocycles. The second kappa shape index (κ2) is 3.24. The minimum absolute atomic E-state index is 0.133. The summed E-state index contributed by atoms with van der Waals surface area (Å²) in [6, 6.07) is 0. The maximum atomic E-state index is 11.1. The number of ketones is 1. The Morgan fingerprint density at radius 3 is 2.50 bits per heavy atom. The summed E-state index contributed by atoms with van der Waals surface area (Å²) in [7, 11) is 0. The fraction of sp³-hybridized carbons (Fsp3) is 0.778. The zero-order chi connectivity index (χ0) is 10.2. The summed E-state index contributed by atoms with van der Waals surface area (Å²) in [6.45, 7) is 1.15. The number of hydrogen-bond donors (Lipinski definition) is 1. The summed E-state index contributed by atoms with van der Waals surface area (Å²) in [5.41, 5.74) is -0.344. The number of ether oxygens (including phenoxy) is 1. The molecule has 14 heavy (non-hydrogen) atoms. The van der Waals surface area contributed by atoms with Crippen molar-refractivity contribution in [2.24, 2.45) is 0 Å².